The topological polar surface area (TPSA) is 63.1 Å². The molecule has 24 heavy (non-hydrogen) atoms. The lowest BCUT2D eigenvalue weighted by Crippen LogP contribution is -2.40. The summed E-state index contributed by atoms with van der Waals surface area (Å²) in [5.74, 6) is 0.510. The Hall–Kier alpha value is -1.73. The number of likely N-dealkylation sites (tertiary alicyclic amines) is 1. The minimum Gasteiger partial charge on any atom is -0.301 e. The molecule has 1 amide bonds. The molecule has 0 aromatic carbocycles. The summed E-state index contributed by atoms with van der Waals surface area (Å²) in [6.07, 6.45) is 7.50. The van der Waals surface area contributed by atoms with Crippen LogP contribution in [0.2, 0.25) is 0 Å². The first-order valence-electron chi connectivity index (χ1n) is 8.68. The number of hydrogen-bond donors (Lipinski definition) is 1. The molecule has 3 heterocycles. The number of carbonyl (C=O) groups excluding carboxylic acids is 1. The van der Waals surface area contributed by atoms with E-state index in [-0.39, 0.29) is 5.91 Å². The zero-order valence-electron chi connectivity index (χ0n) is 14.0. The Bertz CT molecular complexity index is 716. The van der Waals surface area contributed by atoms with Crippen molar-refractivity contribution in [3.8, 4) is 0 Å². The number of nitrogens with one attached hydrogen (secondary N) is 1. The minimum atomic E-state index is 0.0491. The average molecular weight is 345 g/mol. The summed E-state index contributed by atoms with van der Waals surface area (Å²) in [7, 11) is 1.99. The highest BCUT2D eigenvalue weighted by Crippen LogP contribution is 2.30. The van der Waals surface area contributed by atoms with Gasteiger partial charge in [0.2, 0.25) is 5.91 Å². The number of anilines is 1. The fourth-order valence-corrected chi connectivity index (χ4v) is 4.90. The Morgan fingerprint density at radius 3 is 3.12 bits per heavy atom. The number of hydrogen-bond acceptors (Lipinski definition) is 5. The van der Waals surface area contributed by atoms with E-state index in [1.807, 2.05) is 17.9 Å². The van der Waals surface area contributed by atoms with Crippen molar-refractivity contribution < 1.29 is 4.79 Å². The molecule has 0 spiro atoms. The van der Waals surface area contributed by atoms with Crippen LogP contribution in [0.4, 0.5) is 5.13 Å². The highest BCUT2D eigenvalue weighted by Gasteiger charge is 2.25. The van der Waals surface area contributed by atoms with Gasteiger partial charge in [0.15, 0.2) is 5.13 Å². The summed E-state index contributed by atoms with van der Waals surface area (Å²) in [5, 5.41) is 8.03. The van der Waals surface area contributed by atoms with Crippen molar-refractivity contribution in [2.45, 2.75) is 38.0 Å². The number of aromatic nitrogens is 3. The molecule has 2 aromatic heterocycles. The number of amides is 1. The molecule has 1 saturated heterocycles. The monoisotopic (exact) mass is 345 g/mol. The Morgan fingerprint density at radius 1 is 1.42 bits per heavy atom. The molecule has 6 nitrogen and oxygen atoms in total. The smallest absolute Gasteiger partial charge is 0.240 e. The molecule has 7 heteroatoms. The van der Waals surface area contributed by atoms with Gasteiger partial charge in [-0.05, 0) is 44.7 Å². The first-order valence-corrected chi connectivity index (χ1v) is 9.49. The molecule has 0 saturated carbocycles. The third-order valence-electron chi connectivity index (χ3n) is 4.99. The summed E-state index contributed by atoms with van der Waals surface area (Å²) >= 11 is 1.64. The van der Waals surface area contributed by atoms with Crippen LogP contribution < -0.4 is 5.32 Å². The number of thiazole rings is 1. The summed E-state index contributed by atoms with van der Waals surface area (Å²) in [6.45, 7) is 2.34. The van der Waals surface area contributed by atoms with Crippen LogP contribution in [-0.4, -0.2) is 45.2 Å². The van der Waals surface area contributed by atoms with Crippen LogP contribution in [0.15, 0.2) is 12.3 Å². The zero-order chi connectivity index (χ0) is 16.5. The number of fused-ring (bicyclic) bond motifs is 1. The molecule has 0 bridgehead atoms. The van der Waals surface area contributed by atoms with Crippen molar-refractivity contribution in [2.24, 2.45) is 7.05 Å². The van der Waals surface area contributed by atoms with Crippen molar-refractivity contribution in [1.82, 2.24) is 19.7 Å². The Balaban J connectivity index is 1.34. The Labute approximate surface area is 145 Å². The second-order valence-electron chi connectivity index (χ2n) is 6.74. The second kappa shape index (κ2) is 6.64. The number of piperidine rings is 1. The molecular formula is C17H23N5OS. The Morgan fingerprint density at radius 2 is 2.33 bits per heavy atom. The van der Waals surface area contributed by atoms with Gasteiger partial charge in [-0.2, -0.15) is 5.10 Å². The third-order valence-corrected chi connectivity index (χ3v) is 6.06. The maximum Gasteiger partial charge on any atom is 0.240 e. The molecule has 1 N–H and O–H groups in total. The van der Waals surface area contributed by atoms with Crippen molar-refractivity contribution in [2.75, 3.05) is 25.0 Å². The molecular weight excluding hydrogens is 322 g/mol. The van der Waals surface area contributed by atoms with Crippen molar-refractivity contribution in [3.63, 3.8) is 0 Å². The molecule has 0 radical (unpaired) electrons. The maximum atomic E-state index is 12.4. The lowest BCUT2D eigenvalue weighted by molar-refractivity contribution is -0.117. The molecule has 1 aliphatic carbocycles. The lowest BCUT2D eigenvalue weighted by atomic mass is 9.94. The van der Waals surface area contributed by atoms with Crippen molar-refractivity contribution in [3.05, 3.63) is 28.5 Å². The quantitative estimate of drug-likeness (QED) is 0.923. The highest BCUT2D eigenvalue weighted by molar-refractivity contribution is 7.15. The number of nitrogens with zero attached hydrogens (tertiary/aromatic N) is 4. The van der Waals surface area contributed by atoms with Gasteiger partial charge in [0, 0.05) is 36.3 Å². The van der Waals surface area contributed by atoms with Gasteiger partial charge in [-0.25, -0.2) is 4.98 Å². The van der Waals surface area contributed by atoms with Gasteiger partial charge in [0.05, 0.1) is 12.2 Å². The molecule has 2 aromatic rings. The summed E-state index contributed by atoms with van der Waals surface area (Å²) in [5.41, 5.74) is 2.45. The molecule has 1 aliphatic heterocycles. The van der Waals surface area contributed by atoms with Gasteiger partial charge in [0.25, 0.3) is 0 Å². The summed E-state index contributed by atoms with van der Waals surface area (Å²) in [4.78, 5) is 20.5. The van der Waals surface area contributed by atoms with Gasteiger partial charge in [-0.1, -0.05) is 0 Å². The number of carbonyl (C=O) groups is 1. The first kappa shape index (κ1) is 15.8. The molecule has 1 atom stereocenters. The van der Waals surface area contributed by atoms with Crippen LogP contribution in [0.1, 0.15) is 41.4 Å². The van der Waals surface area contributed by atoms with Gasteiger partial charge in [-0.3, -0.25) is 14.4 Å². The highest BCUT2D eigenvalue weighted by atomic mass is 32.1. The van der Waals surface area contributed by atoms with E-state index in [1.54, 1.807) is 11.3 Å². The normalized spacial score (nSPS) is 21.0. The van der Waals surface area contributed by atoms with Gasteiger partial charge < -0.3 is 5.32 Å². The number of rotatable bonds is 4. The van der Waals surface area contributed by atoms with Crippen LogP contribution in [0.5, 0.6) is 0 Å². The molecule has 2 aliphatic rings. The fraction of sp³-hybridized carbons (Fsp3) is 0.588. The van der Waals surface area contributed by atoms with E-state index in [4.69, 9.17) is 0 Å². The Kier molecular flexibility index (Phi) is 4.37. The average Bonchev–Trinajstić information content (AvgIpc) is 3.23. The third kappa shape index (κ3) is 3.23. The first-order chi connectivity index (χ1) is 11.7. The van der Waals surface area contributed by atoms with E-state index in [2.05, 4.69) is 26.4 Å². The second-order valence-corrected chi connectivity index (χ2v) is 7.83. The molecule has 128 valence electrons. The van der Waals surface area contributed by atoms with E-state index in [1.165, 1.54) is 22.7 Å². The summed E-state index contributed by atoms with van der Waals surface area (Å²) < 4.78 is 1.95. The molecule has 0 unspecified atom stereocenters. The van der Waals surface area contributed by atoms with E-state index in [0.29, 0.717) is 12.5 Å². The van der Waals surface area contributed by atoms with E-state index < -0.39 is 0 Å². The van der Waals surface area contributed by atoms with Gasteiger partial charge in [0.1, 0.15) is 0 Å². The molecule has 1 fully saturated rings. The zero-order valence-corrected chi connectivity index (χ0v) is 14.8. The lowest BCUT2D eigenvalue weighted by Gasteiger charge is -2.32. The predicted octanol–water partition coefficient (Wildman–Crippen LogP) is 2.18. The number of aryl methyl sites for hydroxylation is 3. The SMILES string of the molecule is Cn1nccc1[C@@H]1CCCN(CC(=O)Nc2nc3c(s2)CCC3)C1. The van der Waals surface area contributed by atoms with Crippen LogP contribution in [0, 0.1) is 0 Å². The van der Waals surface area contributed by atoms with Gasteiger partial charge in [-0.15, -0.1) is 11.3 Å². The van der Waals surface area contributed by atoms with E-state index in [9.17, 15) is 4.79 Å². The van der Waals surface area contributed by atoms with Crippen LogP contribution in [0.3, 0.4) is 0 Å². The standard InChI is InChI=1S/C17H23N5OS/c1-21-14(7-8-18-21)12-4-3-9-22(10-12)11-16(23)20-17-19-13-5-2-6-15(13)24-17/h7-8,12H,2-6,9-11H2,1H3,(H,19,20,23)/t12-/m1/s1. The van der Waals surface area contributed by atoms with Crippen molar-refractivity contribution in [1.29, 1.82) is 0 Å². The van der Waals surface area contributed by atoms with Gasteiger partial charge >= 0.3 is 0 Å². The minimum absolute atomic E-state index is 0.0491. The largest absolute Gasteiger partial charge is 0.301 e. The van der Waals surface area contributed by atoms with Crippen LogP contribution >= 0.6 is 11.3 Å². The fourth-order valence-electron chi connectivity index (χ4n) is 3.83. The van der Waals surface area contributed by atoms with Crippen LogP contribution in [-0.2, 0) is 24.7 Å². The summed E-state index contributed by atoms with van der Waals surface area (Å²) in [6, 6.07) is 2.09. The van der Waals surface area contributed by atoms with E-state index in [0.717, 1.165) is 43.9 Å². The van der Waals surface area contributed by atoms with Crippen LogP contribution in [0.25, 0.3) is 0 Å². The predicted molar refractivity (Wildman–Crippen MR) is 94.4 cm³/mol. The van der Waals surface area contributed by atoms with Crippen molar-refractivity contribution >= 4 is 22.4 Å². The molecule has 4 rings (SSSR count). The van der Waals surface area contributed by atoms with E-state index >= 15 is 0 Å². The maximum absolute atomic E-state index is 12.4.